The zero-order valence-electron chi connectivity index (χ0n) is 15.5. The van der Waals surface area contributed by atoms with Crippen LogP contribution in [0.15, 0.2) is 6.33 Å². The Morgan fingerprint density at radius 3 is 2.25 bits per heavy atom. The van der Waals surface area contributed by atoms with E-state index >= 15 is 0 Å². The number of rotatable bonds is 7. The van der Waals surface area contributed by atoms with E-state index in [0.29, 0.717) is 11.3 Å². The fourth-order valence-corrected chi connectivity index (χ4v) is 3.21. The van der Waals surface area contributed by atoms with Crippen LogP contribution in [-0.4, -0.2) is 45.8 Å². The van der Waals surface area contributed by atoms with E-state index in [1.54, 1.807) is 0 Å². The highest BCUT2D eigenvalue weighted by Gasteiger charge is 2.38. The number of thiazole rings is 1. The molecule has 12 heteroatoms. The number of nitrogens with one attached hydrogen (secondary N) is 1. The Kier molecular flexibility index (Phi) is 6.44. The normalized spacial score (nSPS) is 12.0. The van der Waals surface area contributed by atoms with Gasteiger partial charge < -0.3 is 14.6 Å². The van der Waals surface area contributed by atoms with Crippen molar-refractivity contribution in [2.75, 3.05) is 19.5 Å². The van der Waals surface area contributed by atoms with Gasteiger partial charge in [0.2, 0.25) is 11.8 Å². The number of aromatic nitrogens is 3. The summed E-state index contributed by atoms with van der Waals surface area (Å²) in [7, 11) is 2.55. The van der Waals surface area contributed by atoms with Crippen LogP contribution in [0.25, 0.3) is 0 Å². The number of hydrogen-bond acceptors (Lipinski definition) is 8. The van der Waals surface area contributed by atoms with Crippen LogP contribution < -0.4 is 14.8 Å². The lowest BCUT2D eigenvalue weighted by Gasteiger charge is -2.16. The molecule has 2 N–H and O–H groups in total. The van der Waals surface area contributed by atoms with Gasteiger partial charge in [0.1, 0.15) is 6.33 Å². The van der Waals surface area contributed by atoms with Gasteiger partial charge in [0.05, 0.1) is 19.8 Å². The minimum atomic E-state index is -4.69. The lowest BCUT2D eigenvalue weighted by molar-refractivity contribution is -0.141. The number of carbonyl (C=O) groups is 1. The summed E-state index contributed by atoms with van der Waals surface area (Å²) in [4.78, 5) is 23.6. The van der Waals surface area contributed by atoms with E-state index in [-0.39, 0.29) is 40.2 Å². The van der Waals surface area contributed by atoms with Crippen molar-refractivity contribution >= 4 is 22.4 Å². The van der Waals surface area contributed by atoms with Crippen LogP contribution in [-0.2, 0) is 12.6 Å². The first-order valence-electron chi connectivity index (χ1n) is 8.00. The molecule has 0 saturated carbocycles. The number of amides is 1. The van der Waals surface area contributed by atoms with Crippen molar-refractivity contribution in [3.05, 3.63) is 22.5 Å². The minimum Gasteiger partial charge on any atom is -0.480 e. The molecule has 154 valence electrons. The van der Waals surface area contributed by atoms with Crippen molar-refractivity contribution in [1.29, 1.82) is 0 Å². The van der Waals surface area contributed by atoms with Crippen molar-refractivity contribution in [1.82, 2.24) is 15.0 Å². The Morgan fingerprint density at radius 2 is 1.79 bits per heavy atom. The second-order valence-electron chi connectivity index (χ2n) is 6.32. The summed E-state index contributed by atoms with van der Waals surface area (Å²) < 4.78 is 49.8. The molecule has 2 rings (SSSR count). The SMILES string of the molecule is COc1ncnc(OC)c1C(=O)Nc1nc(C(F)(F)F)c(CCC(C)(C)O)s1. The molecule has 0 fully saturated rings. The van der Waals surface area contributed by atoms with Crippen LogP contribution in [0.1, 0.15) is 41.2 Å². The van der Waals surface area contributed by atoms with E-state index < -0.39 is 23.4 Å². The Hall–Kier alpha value is -2.47. The number of aryl methyl sites for hydroxylation is 1. The molecule has 0 spiro atoms. The third-order valence-corrected chi connectivity index (χ3v) is 4.57. The highest BCUT2D eigenvalue weighted by atomic mass is 32.1. The lowest BCUT2D eigenvalue weighted by atomic mass is 10.0. The number of halogens is 3. The molecule has 0 aliphatic heterocycles. The van der Waals surface area contributed by atoms with Gasteiger partial charge in [-0.1, -0.05) is 0 Å². The summed E-state index contributed by atoms with van der Waals surface area (Å²) in [5.41, 5.74) is -2.41. The Morgan fingerprint density at radius 1 is 1.21 bits per heavy atom. The number of carbonyl (C=O) groups excluding carboxylic acids is 1. The Bertz CT molecular complexity index is 827. The lowest BCUT2D eigenvalue weighted by Crippen LogP contribution is -2.20. The van der Waals surface area contributed by atoms with Crippen molar-refractivity contribution < 1.29 is 32.5 Å². The average molecular weight is 420 g/mol. The second kappa shape index (κ2) is 8.27. The smallest absolute Gasteiger partial charge is 0.434 e. The van der Waals surface area contributed by atoms with Gasteiger partial charge in [-0.2, -0.15) is 13.2 Å². The third-order valence-electron chi connectivity index (χ3n) is 3.54. The molecule has 0 aromatic carbocycles. The molecule has 0 unspecified atom stereocenters. The first kappa shape index (κ1) is 21.8. The molecule has 28 heavy (non-hydrogen) atoms. The van der Waals surface area contributed by atoms with Gasteiger partial charge in [-0.15, -0.1) is 11.3 Å². The molecule has 8 nitrogen and oxygen atoms in total. The summed E-state index contributed by atoms with van der Waals surface area (Å²) in [5, 5.41) is 11.8. The molecule has 0 saturated heterocycles. The van der Waals surface area contributed by atoms with Crippen LogP contribution in [0.2, 0.25) is 0 Å². The molecular formula is C16H19F3N4O4S. The second-order valence-corrected chi connectivity index (χ2v) is 7.41. The maximum absolute atomic E-state index is 13.3. The van der Waals surface area contributed by atoms with E-state index in [4.69, 9.17) is 9.47 Å². The van der Waals surface area contributed by atoms with Crippen LogP contribution in [0.4, 0.5) is 18.3 Å². The molecule has 2 heterocycles. The average Bonchev–Trinajstić information content (AvgIpc) is 3.01. The van der Waals surface area contributed by atoms with Crippen LogP contribution in [0, 0.1) is 0 Å². The van der Waals surface area contributed by atoms with Gasteiger partial charge >= 0.3 is 6.18 Å². The van der Waals surface area contributed by atoms with Crippen LogP contribution in [0.3, 0.4) is 0 Å². The van der Waals surface area contributed by atoms with Crippen LogP contribution >= 0.6 is 11.3 Å². The van der Waals surface area contributed by atoms with Crippen molar-refractivity contribution in [3.8, 4) is 11.8 Å². The molecule has 0 bridgehead atoms. The topological polar surface area (TPSA) is 106 Å². The number of alkyl halides is 3. The molecule has 2 aromatic heterocycles. The van der Waals surface area contributed by atoms with E-state index in [1.807, 2.05) is 0 Å². The number of aliphatic hydroxyl groups is 1. The molecule has 2 aromatic rings. The minimum absolute atomic E-state index is 0.0486. The molecule has 0 atom stereocenters. The van der Waals surface area contributed by atoms with Crippen molar-refractivity contribution in [2.24, 2.45) is 0 Å². The van der Waals surface area contributed by atoms with Gasteiger partial charge in [0, 0.05) is 4.88 Å². The van der Waals surface area contributed by atoms with Crippen molar-refractivity contribution in [3.63, 3.8) is 0 Å². The number of anilines is 1. The Labute approximate surface area is 162 Å². The number of hydrogen-bond donors (Lipinski definition) is 2. The monoisotopic (exact) mass is 420 g/mol. The summed E-state index contributed by atoms with van der Waals surface area (Å²) in [6, 6.07) is 0. The van der Waals surface area contributed by atoms with E-state index in [2.05, 4.69) is 20.3 Å². The Balaban J connectivity index is 2.34. The first-order valence-corrected chi connectivity index (χ1v) is 8.81. The predicted molar refractivity (Wildman–Crippen MR) is 94.8 cm³/mol. The molecule has 1 amide bonds. The maximum atomic E-state index is 13.3. The molecule has 0 aliphatic rings. The number of ether oxygens (including phenoxy) is 2. The van der Waals surface area contributed by atoms with Gasteiger partial charge in [-0.3, -0.25) is 10.1 Å². The predicted octanol–water partition coefficient (Wildman–Crippen LogP) is 2.92. The summed E-state index contributed by atoms with van der Waals surface area (Å²) in [6.07, 6.45) is -3.53. The molecule has 0 aliphatic carbocycles. The quantitative estimate of drug-likeness (QED) is 0.709. The number of methoxy groups -OCH3 is 2. The van der Waals surface area contributed by atoms with Crippen LogP contribution in [0.5, 0.6) is 11.8 Å². The van der Waals surface area contributed by atoms with E-state index in [9.17, 15) is 23.1 Å². The highest BCUT2D eigenvalue weighted by Crippen LogP contribution is 2.38. The fourth-order valence-electron chi connectivity index (χ4n) is 2.23. The third kappa shape index (κ3) is 5.29. The standard InChI is InChI=1S/C16H19F3N4O4S/c1-15(2,25)6-5-8-10(16(17,18)19)22-14(28-8)23-11(24)9-12(26-3)20-7-21-13(9)27-4/h7,25H,5-6H2,1-4H3,(H,22,23,24). The summed E-state index contributed by atoms with van der Waals surface area (Å²) in [5.74, 6) is -1.02. The highest BCUT2D eigenvalue weighted by molar-refractivity contribution is 7.15. The fraction of sp³-hybridized carbons (Fsp3) is 0.500. The van der Waals surface area contributed by atoms with Gasteiger partial charge in [-0.05, 0) is 26.7 Å². The van der Waals surface area contributed by atoms with E-state index in [1.165, 1.54) is 28.1 Å². The zero-order valence-corrected chi connectivity index (χ0v) is 16.4. The molecular weight excluding hydrogens is 401 g/mol. The van der Waals surface area contributed by atoms with E-state index in [0.717, 1.165) is 6.33 Å². The number of nitrogens with zero attached hydrogens (tertiary/aromatic N) is 3. The van der Waals surface area contributed by atoms with Gasteiger partial charge in [0.25, 0.3) is 5.91 Å². The summed E-state index contributed by atoms with van der Waals surface area (Å²) >= 11 is 0.680. The maximum Gasteiger partial charge on any atom is 0.434 e. The van der Waals surface area contributed by atoms with Crippen molar-refractivity contribution in [2.45, 2.75) is 38.5 Å². The van der Waals surface area contributed by atoms with Gasteiger partial charge in [0.15, 0.2) is 16.4 Å². The molecule has 0 radical (unpaired) electrons. The largest absolute Gasteiger partial charge is 0.480 e. The van der Waals surface area contributed by atoms with Gasteiger partial charge in [-0.25, -0.2) is 15.0 Å². The first-order chi connectivity index (χ1) is 13.0. The summed E-state index contributed by atoms with van der Waals surface area (Å²) in [6.45, 7) is 3.00. The zero-order chi connectivity index (χ0) is 21.1.